The third-order valence-electron chi connectivity index (χ3n) is 2.34. The molecule has 0 fully saturated rings. The van der Waals surface area contributed by atoms with Crippen molar-refractivity contribution in [3.63, 3.8) is 0 Å². The quantitative estimate of drug-likeness (QED) is 0.772. The first-order valence-corrected chi connectivity index (χ1v) is 5.22. The maximum atomic E-state index is 4.23. The zero-order valence-corrected chi connectivity index (χ0v) is 9.20. The van der Waals surface area contributed by atoms with Gasteiger partial charge in [0.1, 0.15) is 6.33 Å². The van der Waals surface area contributed by atoms with Crippen LogP contribution >= 0.6 is 0 Å². The SMILES string of the molecule is CCNC(Cc1ccncn1)C(C)C. The van der Waals surface area contributed by atoms with Crippen molar-refractivity contribution in [1.29, 1.82) is 0 Å². The highest BCUT2D eigenvalue weighted by Gasteiger charge is 2.12. The standard InChI is InChI=1S/C11H19N3/c1-4-13-11(9(2)3)7-10-5-6-12-8-14-10/h5-6,8-9,11,13H,4,7H2,1-3H3. The van der Waals surface area contributed by atoms with Crippen LogP contribution in [-0.2, 0) is 6.42 Å². The Hall–Kier alpha value is -0.960. The molecule has 1 N–H and O–H groups in total. The second kappa shape index (κ2) is 5.70. The van der Waals surface area contributed by atoms with Crippen molar-refractivity contribution in [2.45, 2.75) is 33.2 Å². The fourth-order valence-electron chi connectivity index (χ4n) is 1.47. The summed E-state index contributed by atoms with van der Waals surface area (Å²) in [5.41, 5.74) is 1.11. The van der Waals surface area contributed by atoms with Crippen molar-refractivity contribution >= 4 is 0 Å². The number of nitrogens with one attached hydrogen (secondary N) is 1. The van der Waals surface area contributed by atoms with Gasteiger partial charge in [0.15, 0.2) is 0 Å². The fourth-order valence-corrected chi connectivity index (χ4v) is 1.47. The molecule has 1 aromatic heterocycles. The average molecular weight is 193 g/mol. The van der Waals surface area contributed by atoms with Gasteiger partial charge in [0, 0.05) is 24.4 Å². The molecule has 0 amide bonds. The number of rotatable bonds is 5. The van der Waals surface area contributed by atoms with Crippen LogP contribution in [0.2, 0.25) is 0 Å². The van der Waals surface area contributed by atoms with Gasteiger partial charge in [-0.3, -0.25) is 0 Å². The summed E-state index contributed by atoms with van der Waals surface area (Å²) in [6.07, 6.45) is 4.39. The summed E-state index contributed by atoms with van der Waals surface area (Å²) in [7, 11) is 0. The fraction of sp³-hybridized carbons (Fsp3) is 0.636. The maximum absolute atomic E-state index is 4.23. The molecule has 0 spiro atoms. The molecule has 14 heavy (non-hydrogen) atoms. The Labute approximate surface area is 86.0 Å². The van der Waals surface area contributed by atoms with Gasteiger partial charge in [-0.1, -0.05) is 20.8 Å². The highest BCUT2D eigenvalue weighted by Crippen LogP contribution is 2.07. The summed E-state index contributed by atoms with van der Waals surface area (Å²) < 4.78 is 0. The molecule has 78 valence electrons. The molecule has 0 aliphatic rings. The Bertz CT molecular complexity index is 246. The zero-order valence-electron chi connectivity index (χ0n) is 9.20. The molecule has 1 atom stereocenters. The molecule has 0 bridgehead atoms. The third kappa shape index (κ3) is 3.42. The molecular formula is C11H19N3. The minimum absolute atomic E-state index is 0.509. The maximum Gasteiger partial charge on any atom is 0.115 e. The lowest BCUT2D eigenvalue weighted by Gasteiger charge is -2.21. The number of hydrogen-bond donors (Lipinski definition) is 1. The van der Waals surface area contributed by atoms with Crippen molar-refractivity contribution in [3.8, 4) is 0 Å². The van der Waals surface area contributed by atoms with E-state index in [0.29, 0.717) is 12.0 Å². The van der Waals surface area contributed by atoms with Crippen molar-refractivity contribution in [2.75, 3.05) is 6.54 Å². The van der Waals surface area contributed by atoms with E-state index in [-0.39, 0.29) is 0 Å². The Balaban J connectivity index is 2.55. The normalized spacial score (nSPS) is 13.1. The molecule has 1 rings (SSSR count). The van der Waals surface area contributed by atoms with Crippen molar-refractivity contribution in [2.24, 2.45) is 5.92 Å². The van der Waals surface area contributed by atoms with Crippen LogP contribution in [-0.4, -0.2) is 22.6 Å². The smallest absolute Gasteiger partial charge is 0.115 e. The van der Waals surface area contributed by atoms with Crippen molar-refractivity contribution in [3.05, 3.63) is 24.3 Å². The molecule has 0 aliphatic carbocycles. The Kier molecular flexibility index (Phi) is 4.53. The van der Waals surface area contributed by atoms with Gasteiger partial charge < -0.3 is 5.32 Å². The van der Waals surface area contributed by atoms with Gasteiger partial charge in [0.25, 0.3) is 0 Å². The first-order chi connectivity index (χ1) is 6.74. The largest absolute Gasteiger partial charge is 0.314 e. The van der Waals surface area contributed by atoms with E-state index in [4.69, 9.17) is 0 Å². The molecule has 3 nitrogen and oxygen atoms in total. The molecule has 0 aromatic carbocycles. The van der Waals surface area contributed by atoms with Gasteiger partial charge in [0.2, 0.25) is 0 Å². The second-order valence-corrected chi connectivity index (χ2v) is 3.81. The summed E-state index contributed by atoms with van der Waals surface area (Å²) >= 11 is 0. The molecule has 0 radical (unpaired) electrons. The molecule has 3 heteroatoms. The minimum atomic E-state index is 0.509. The van der Waals surface area contributed by atoms with Crippen LogP contribution in [0.5, 0.6) is 0 Å². The molecule has 0 saturated heterocycles. The molecule has 1 heterocycles. The lowest BCUT2D eigenvalue weighted by molar-refractivity contribution is 0.402. The van der Waals surface area contributed by atoms with E-state index in [1.165, 1.54) is 0 Å². The topological polar surface area (TPSA) is 37.8 Å². The van der Waals surface area contributed by atoms with E-state index in [2.05, 4.69) is 36.1 Å². The number of aromatic nitrogens is 2. The Morgan fingerprint density at radius 1 is 1.43 bits per heavy atom. The number of hydrogen-bond acceptors (Lipinski definition) is 3. The van der Waals surface area contributed by atoms with Gasteiger partial charge in [-0.2, -0.15) is 0 Å². The van der Waals surface area contributed by atoms with Gasteiger partial charge >= 0.3 is 0 Å². The average Bonchev–Trinajstić information content (AvgIpc) is 2.18. The van der Waals surface area contributed by atoms with Crippen LogP contribution in [0.3, 0.4) is 0 Å². The van der Waals surface area contributed by atoms with E-state index in [1.807, 2.05) is 6.07 Å². The zero-order chi connectivity index (χ0) is 10.4. The van der Waals surface area contributed by atoms with E-state index >= 15 is 0 Å². The monoisotopic (exact) mass is 193 g/mol. The van der Waals surface area contributed by atoms with Crippen molar-refractivity contribution in [1.82, 2.24) is 15.3 Å². The number of nitrogens with zero attached hydrogens (tertiary/aromatic N) is 2. The van der Waals surface area contributed by atoms with Gasteiger partial charge in [-0.05, 0) is 18.5 Å². The second-order valence-electron chi connectivity index (χ2n) is 3.81. The molecule has 0 aliphatic heterocycles. The van der Waals surface area contributed by atoms with E-state index in [0.717, 1.165) is 18.7 Å². The molecule has 1 unspecified atom stereocenters. The van der Waals surface area contributed by atoms with Crippen LogP contribution in [0, 0.1) is 5.92 Å². The lowest BCUT2D eigenvalue weighted by atomic mass is 9.99. The van der Waals surface area contributed by atoms with Gasteiger partial charge in [-0.15, -0.1) is 0 Å². The predicted octanol–water partition coefficient (Wildman–Crippen LogP) is 1.65. The van der Waals surface area contributed by atoms with Crippen LogP contribution in [0.25, 0.3) is 0 Å². The molecular weight excluding hydrogens is 174 g/mol. The summed E-state index contributed by atoms with van der Waals surface area (Å²) in [5.74, 6) is 0.630. The van der Waals surface area contributed by atoms with E-state index in [9.17, 15) is 0 Å². The lowest BCUT2D eigenvalue weighted by Crippen LogP contribution is -2.35. The number of likely N-dealkylation sites (N-methyl/N-ethyl adjacent to an activating group) is 1. The van der Waals surface area contributed by atoms with E-state index < -0.39 is 0 Å². The third-order valence-corrected chi connectivity index (χ3v) is 2.34. The first-order valence-electron chi connectivity index (χ1n) is 5.22. The minimum Gasteiger partial charge on any atom is -0.314 e. The van der Waals surface area contributed by atoms with Crippen molar-refractivity contribution < 1.29 is 0 Å². The first kappa shape index (κ1) is 11.1. The van der Waals surface area contributed by atoms with Gasteiger partial charge in [0.05, 0.1) is 0 Å². The van der Waals surface area contributed by atoms with Crippen LogP contribution in [0.15, 0.2) is 18.6 Å². The van der Waals surface area contributed by atoms with Crippen LogP contribution in [0.4, 0.5) is 0 Å². The van der Waals surface area contributed by atoms with Crippen LogP contribution in [0.1, 0.15) is 26.5 Å². The molecule has 1 aromatic rings. The van der Waals surface area contributed by atoms with Crippen LogP contribution < -0.4 is 5.32 Å². The summed E-state index contributed by atoms with van der Waals surface area (Å²) in [6, 6.07) is 2.49. The van der Waals surface area contributed by atoms with Gasteiger partial charge in [-0.25, -0.2) is 9.97 Å². The van der Waals surface area contributed by atoms with E-state index in [1.54, 1.807) is 12.5 Å². The highest BCUT2D eigenvalue weighted by atomic mass is 14.9. The summed E-state index contributed by atoms with van der Waals surface area (Å²) in [4.78, 5) is 8.14. The Morgan fingerprint density at radius 2 is 2.21 bits per heavy atom. The Morgan fingerprint density at radius 3 is 2.71 bits per heavy atom. The summed E-state index contributed by atoms with van der Waals surface area (Å²) in [6.45, 7) is 7.60. The molecule has 0 saturated carbocycles. The summed E-state index contributed by atoms with van der Waals surface area (Å²) in [5, 5.41) is 3.47. The predicted molar refractivity (Wildman–Crippen MR) is 58.0 cm³/mol. The highest BCUT2D eigenvalue weighted by molar-refractivity contribution is 5.00.